The van der Waals surface area contributed by atoms with Crippen LogP contribution in [0.15, 0.2) is 24.3 Å². The average molecular weight is 375 g/mol. The standard InChI is InChI=1S/C22H34N2O3/c1-18-7-5-14-24(17-18)15-6-16-27-20-10-8-19(9-11-20)23-21(25)22(26-2)12-3-4-13-22/h8-11,18H,3-7,12-17H2,1-2H3,(H,23,25)/t18-/m0/s1. The van der Waals surface area contributed by atoms with Crippen molar-refractivity contribution in [3.63, 3.8) is 0 Å². The maximum absolute atomic E-state index is 12.6. The van der Waals surface area contributed by atoms with Crippen LogP contribution in [0.1, 0.15) is 51.9 Å². The molecule has 1 N–H and O–H groups in total. The van der Waals surface area contributed by atoms with Gasteiger partial charge >= 0.3 is 0 Å². The molecule has 27 heavy (non-hydrogen) atoms. The monoisotopic (exact) mass is 374 g/mol. The van der Waals surface area contributed by atoms with Gasteiger partial charge in [-0.05, 0) is 81.7 Å². The molecule has 1 aromatic rings. The third-order valence-electron chi connectivity index (χ3n) is 5.96. The van der Waals surface area contributed by atoms with Crippen LogP contribution in [0.3, 0.4) is 0 Å². The molecule has 1 aromatic carbocycles. The second-order valence-electron chi connectivity index (χ2n) is 8.13. The Balaban J connectivity index is 1.40. The third-order valence-corrected chi connectivity index (χ3v) is 5.96. The van der Waals surface area contributed by atoms with E-state index in [0.29, 0.717) is 0 Å². The van der Waals surface area contributed by atoms with Crippen molar-refractivity contribution in [1.29, 1.82) is 0 Å². The highest BCUT2D eigenvalue weighted by Crippen LogP contribution is 2.33. The van der Waals surface area contributed by atoms with Crippen molar-refractivity contribution < 1.29 is 14.3 Å². The highest BCUT2D eigenvalue weighted by molar-refractivity contribution is 5.97. The summed E-state index contributed by atoms with van der Waals surface area (Å²) >= 11 is 0. The minimum Gasteiger partial charge on any atom is -0.494 e. The fourth-order valence-corrected chi connectivity index (χ4v) is 4.32. The molecule has 0 aromatic heterocycles. The summed E-state index contributed by atoms with van der Waals surface area (Å²) in [6.45, 7) is 6.62. The Bertz CT molecular complexity index is 596. The first-order valence-corrected chi connectivity index (χ1v) is 10.4. The average Bonchev–Trinajstić information content (AvgIpc) is 3.17. The van der Waals surface area contributed by atoms with Gasteiger partial charge in [-0.15, -0.1) is 0 Å². The lowest BCUT2D eigenvalue weighted by Crippen LogP contribution is -2.42. The van der Waals surface area contributed by atoms with E-state index >= 15 is 0 Å². The van der Waals surface area contributed by atoms with Crippen LogP contribution in [-0.4, -0.2) is 49.8 Å². The first kappa shape index (κ1) is 20.2. The van der Waals surface area contributed by atoms with E-state index < -0.39 is 5.60 Å². The van der Waals surface area contributed by atoms with E-state index in [-0.39, 0.29) is 5.91 Å². The third kappa shape index (κ3) is 5.45. The molecule has 0 unspecified atom stereocenters. The number of nitrogens with one attached hydrogen (secondary N) is 1. The van der Waals surface area contributed by atoms with Crippen LogP contribution < -0.4 is 10.1 Å². The zero-order valence-corrected chi connectivity index (χ0v) is 16.8. The number of rotatable bonds is 8. The minimum absolute atomic E-state index is 0.0353. The smallest absolute Gasteiger partial charge is 0.256 e. The molecule has 1 aliphatic carbocycles. The molecule has 1 saturated carbocycles. The summed E-state index contributed by atoms with van der Waals surface area (Å²) in [7, 11) is 1.63. The molecular formula is C22H34N2O3. The SMILES string of the molecule is COC1(C(=O)Nc2ccc(OCCCN3CCC[C@H](C)C3)cc2)CCCC1. The maximum atomic E-state index is 12.6. The van der Waals surface area contributed by atoms with Crippen molar-refractivity contribution in [2.45, 2.75) is 57.5 Å². The number of ether oxygens (including phenoxy) is 2. The number of amides is 1. The highest BCUT2D eigenvalue weighted by atomic mass is 16.5. The topological polar surface area (TPSA) is 50.8 Å². The van der Waals surface area contributed by atoms with E-state index in [1.165, 1.54) is 25.9 Å². The molecule has 5 heteroatoms. The van der Waals surface area contributed by atoms with Crippen molar-refractivity contribution in [2.75, 3.05) is 38.7 Å². The second-order valence-corrected chi connectivity index (χ2v) is 8.13. The Morgan fingerprint density at radius 3 is 2.63 bits per heavy atom. The number of hydrogen-bond acceptors (Lipinski definition) is 4. The Morgan fingerprint density at radius 2 is 1.96 bits per heavy atom. The number of hydrogen-bond donors (Lipinski definition) is 1. The molecule has 0 spiro atoms. The predicted molar refractivity (Wildman–Crippen MR) is 108 cm³/mol. The summed E-state index contributed by atoms with van der Waals surface area (Å²) in [5.41, 5.74) is 0.138. The molecule has 1 atom stereocenters. The zero-order valence-electron chi connectivity index (χ0n) is 16.8. The minimum atomic E-state index is -0.652. The van der Waals surface area contributed by atoms with Gasteiger partial charge in [0.05, 0.1) is 6.61 Å². The van der Waals surface area contributed by atoms with E-state index in [0.717, 1.165) is 62.6 Å². The lowest BCUT2D eigenvalue weighted by molar-refractivity contribution is -0.136. The lowest BCUT2D eigenvalue weighted by atomic mass is 10.0. The van der Waals surface area contributed by atoms with Gasteiger partial charge in [0.2, 0.25) is 0 Å². The van der Waals surface area contributed by atoms with Crippen molar-refractivity contribution in [1.82, 2.24) is 4.90 Å². The molecule has 5 nitrogen and oxygen atoms in total. The Morgan fingerprint density at radius 1 is 1.22 bits per heavy atom. The molecule has 2 fully saturated rings. The summed E-state index contributed by atoms with van der Waals surface area (Å²) in [5.74, 6) is 1.64. The molecule has 1 aliphatic heterocycles. The summed E-state index contributed by atoms with van der Waals surface area (Å²) < 4.78 is 11.4. The molecule has 0 radical (unpaired) electrons. The number of piperidine rings is 1. The molecule has 150 valence electrons. The Labute approximate surface area is 163 Å². The molecule has 1 saturated heterocycles. The van der Waals surface area contributed by atoms with Crippen LogP contribution in [0.2, 0.25) is 0 Å². The number of likely N-dealkylation sites (tertiary alicyclic amines) is 1. The van der Waals surface area contributed by atoms with Crippen LogP contribution in [-0.2, 0) is 9.53 Å². The van der Waals surface area contributed by atoms with Crippen LogP contribution in [0, 0.1) is 5.92 Å². The highest BCUT2D eigenvalue weighted by Gasteiger charge is 2.41. The number of carbonyl (C=O) groups is 1. The van der Waals surface area contributed by atoms with E-state index in [1.807, 2.05) is 24.3 Å². The fraction of sp³-hybridized carbons (Fsp3) is 0.682. The summed E-state index contributed by atoms with van der Waals surface area (Å²) in [6.07, 6.45) is 7.41. The second kappa shape index (κ2) is 9.56. The number of nitrogens with zero attached hydrogens (tertiary/aromatic N) is 1. The van der Waals surface area contributed by atoms with Gasteiger partial charge in [-0.3, -0.25) is 4.79 Å². The normalized spacial score (nSPS) is 22.5. The van der Waals surface area contributed by atoms with Crippen molar-refractivity contribution >= 4 is 11.6 Å². The van der Waals surface area contributed by atoms with Crippen LogP contribution >= 0.6 is 0 Å². The molecule has 1 amide bonds. The molecular weight excluding hydrogens is 340 g/mol. The quantitative estimate of drug-likeness (QED) is 0.697. The van der Waals surface area contributed by atoms with E-state index in [4.69, 9.17) is 9.47 Å². The molecule has 3 rings (SSSR count). The summed E-state index contributed by atoms with van der Waals surface area (Å²) in [5, 5.41) is 2.99. The number of benzene rings is 1. The summed E-state index contributed by atoms with van der Waals surface area (Å²) in [4.78, 5) is 15.1. The van der Waals surface area contributed by atoms with E-state index in [1.54, 1.807) is 7.11 Å². The zero-order chi connectivity index (χ0) is 19.1. The van der Waals surface area contributed by atoms with Gasteiger partial charge in [-0.25, -0.2) is 0 Å². The molecule has 2 aliphatic rings. The van der Waals surface area contributed by atoms with Crippen molar-refractivity contribution in [3.8, 4) is 5.75 Å². The van der Waals surface area contributed by atoms with E-state index in [2.05, 4.69) is 17.1 Å². The van der Waals surface area contributed by atoms with Gasteiger partial charge < -0.3 is 19.7 Å². The first-order chi connectivity index (χ1) is 13.1. The maximum Gasteiger partial charge on any atom is 0.256 e. The Hall–Kier alpha value is -1.59. The van der Waals surface area contributed by atoms with E-state index in [9.17, 15) is 4.79 Å². The van der Waals surface area contributed by atoms with Crippen LogP contribution in [0.4, 0.5) is 5.69 Å². The van der Waals surface area contributed by atoms with Crippen LogP contribution in [0.25, 0.3) is 0 Å². The lowest BCUT2D eigenvalue weighted by Gasteiger charge is -2.30. The number of anilines is 1. The first-order valence-electron chi connectivity index (χ1n) is 10.4. The Kier molecular flexibility index (Phi) is 7.13. The number of methoxy groups -OCH3 is 1. The fourth-order valence-electron chi connectivity index (χ4n) is 4.32. The van der Waals surface area contributed by atoms with Gasteiger partial charge in [0.25, 0.3) is 5.91 Å². The largest absolute Gasteiger partial charge is 0.494 e. The van der Waals surface area contributed by atoms with Gasteiger partial charge in [0.1, 0.15) is 11.4 Å². The van der Waals surface area contributed by atoms with Gasteiger partial charge in [0, 0.05) is 25.9 Å². The summed E-state index contributed by atoms with van der Waals surface area (Å²) in [6, 6.07) is 7.65. The van der Waals surface area contributed by atoms with Crippen molar-refractivity contribution in [3.05, 3.63) is 24.3 Å². The van der Waals surface area contributed by atoms with Gasteiger partial charge in [-0.1, -0.05) is 6.92 Å². The molecule has 1 heterocycles. The van der Waals surface area contributed by atoms with Gasteiger partial charge in [0.15, 0.2) is 0 Å². The predicted octanol–water partition coefficient (Wildman–Crippen LogP) is 4.09. The van der Waals surface area contributed by atoms with Crippen LogP contribution in [0.5, 0.6) is 5.75 Å². The van der Waals surface area contributed by atoms with Crippen molar-refractivity contribution in [2.24, 2.45) is 5.92 Å². The molecule has 0 bridgehead atoms. The number of carbonyl (C=O) groups excluding carboxylic acids is 1. The van der Waals surface area contributed by atoms with Gasteiger partial charge in [-0.2, -0.15) is 0 Å².